The number of amidine groups is 1. The summed E-state index contributed by atoms with van der Waals surface area (Å²) in [7, 11) is 0. The second-order valence-electron chi connectivity index (χ2n) is 3.24. The Morgan fingerprint density at radius 3 is 2.94 bits per heavy atom. The number of nitrogens with zero attached hydrogens (tertiary/aromatic N) is 1. The molecule has 0 aromatic heterocycles. The van der Waals surface area contributed by atoms with Crippen molar-refractivity contribution in [3.8, 4) is 0 Å². The Bertz CT molecular complexity index is 407. The third kappa shape index (κ3) is 3.84. The molecule has 6 N–H and O–H groups in total. The van der Waals surface area contributed by atoms with Gasteiger partial charge in [0.05, 0.1) is 18.7 Å². The molecule has 0 bridgehead atoms. The van der Waals surface area contributed by atoms with Crippen molar-refractivity contribution in [3.63, 3.8) is 0 Å². The van der Waals surface area contributed by atoms with Crippen molar-refractivity contribution in [2.24, 2.45) is 16.7 Å². The van der Waals surface area contributed by atoms with Gasteiger partial charge in [0.15, 0.2) is 5.17 Å². The van der Waals surface area contributed by atoms with Gasteiger partial charge in [0.25, 0.3) is 0 Å². The third-order valence-electron chi connectivity index (χ3n) is 2.07. The number of carbonyl (C=O) groups excluding carboxylic acids is 2. The zero-order valence-corrected chi connectivity index (χ0v) is 10.7. The predicted octanol–water partition coefficient (Wildman–Crippen LogP) is -0.962. The second-order valence-corrected chi connectivity index (χ2v) is 4.24. The van der Waals surface area contributed by atoms with E-state index in [4.69, 9.17) is 16.3 Å². The fourth-order valence-electron chi connectivity index (χ4n) is 1.25. The van der Waals surface area contributed by atoms with Crippen molar-refractivity contribution < 1.29 is 14.3 Å². The molecule has 18 heavy (non-hydrogen) atoms. The Labute approximate surface area is 108 Å². The largest absolute Gasteiger partial charge is 0.463 e. The molecule has 0 atom stereocenters. The number of rotatable bonds is 4. The summed E-state index contributed by atoms with van der Waals surface area (Å²) in [5, 5.41) is 8.49. The Balaban J connectivity index is 2.81. The van der Waals surface area contributed by atoms with Gasteiger partial charge < -0.3 is 26.9 Å². The van der Waals surface area contributed by atoms with Gasteiger partial charge in [0, 0.05) is 11.4 Å². The summed E-state index contributed by atoms with van der Waals surface area (Å²) in [4.78, 5) is 22.9. The van der Waals surface area contributed by atoms with Crippen LogP contribution in [0.2, 0.25) is 0 Å². The molecule has 0 spiro atoms. The van der Waals surface area contributed by atoms with Crippen molar-refractivity contribution in [2.75, 3.05) is 18.9 Å². The van der Waals surface area contributed by atoms with Gasteiger partial charge in [-0.05, 0) is 6.92 Å². The molecule has 0 saturated carbocycles. The van der Waals surface area contributed by atoms with Crippen LogP contribution in [0, 0.1) is 0 Å². The van der Waals surface area contributed by atoms with Crippen LogP contribution >= 0.6 is 11.8 Å². The molecule has 9 heteroatoms. The molecule has 0 unspecified atom stereocenters. The van der Waals surface area contributed by atoms with E-state index in [1.165, 1.54) is 0 Å². The molecule has 2 amide bonds. The van der Waals surface area contributed by atoms with Crippen LogP contribution < -0.4 is 22.2 Å². The minimum absolute atomic E-state index is 0.125. The Hall–Kier alpha value is -1.90. The summed E-state index contributed by atoms with van der Waals surface area (Å²) in [6.45, 7) is 2.10. The molecule has 1 heterocycles. The molecule has 0 fully saturated rings. The maximum absolute atomic E-state index is 11.7. The maximum Gasteiger partial charge on any atom is 0.337 e. The number of ether oxygens (including phenoxy) is 1. The van der Waals surface area contributed by atoms with E-state index in [-0.39, 0.29) is 30.1 Å². The molecule has 0 aromatic rings. The number of nitrogens with one attached hydrogen (secondary N) is 2. The van der Waals surface area contributed by atoms with Gasteiger partial charge in [-0.2, -0.15) is 5.10 Å². The van der Waals surface area contributed by atoms with Crippen LogP contribution in [-0.2, 0) is 9.53 Å². The number of carbonyl (C=O) groups is 2. The number of urea groups is 1. The van der Waals surface area contributed by atoms with Crippen LogP contribution in [0.15, 0.2) is 16.4 Å². The van der Waals surface area contributed by atoms with Crippen LogP contribution in [0.4, 0.5) is 4.79 Å². The normalized spacial score (nSPS) is 16.1. The lowest BCUT2D eigenvalue weighted by Gasteiger charge is -2.20. The molecule has 1 rings (SSSR count). The predicted molar refractivity (Wildman–Crippen MR) is 68.5 cm³/mol. The van der Waals surface area contributed by atoms with Gasteiger partial charge in [-0.1, -0.05) is 11.8 Å². The summed E-state index contributed by atoms with van der Waals surface area (Å²) < 4.78 is 4.90. The minimum atomic E-state index is -0.469. The van der Waals surface area contributed by atoms with Gasteiger partial charge in [0.1, 0.15) is 0 Å². The number of nitrogens with two attached hydrogens (primary N) is 2. The van der Waals surface area contributed by atoms with Gasteiger partial charge in [-0.25, -0.2) is 9.59 Å². The van der Waals surface area contributed by atoms with E-state index < -0.39 is 5.97 Å². The first-order valence-electron chi connectivity index (χ1n) is 5.18. The highest BCUT2D eigenvalue weighted by Crippen LogP contribution is 2.13. The summed E-state index contributed by atoms with van der Waals surface area (Å²) in [6, 6.07) is -0.373. The molecule has 1 aliphatic heterocycles. The highest BCUT2D eigenvalue weighted by Gasteiger charge is 2.23. The van der Waals surface area contributed by atoms with Gasteiger partial charge in [-0.15, -0.1) is 0 Å². The monoisotopic (exact) mass is 273 g/mol. The third-order valence-corrected chi connectivity index (χ3v) is 2.90. The molecule has 1 aliphatic rings. The average molecular weight is 273 g/mol. The van der Waals surface area contributed by atoms with Gasteiger partial charge in [-0.3, -0.25) is 0 Å². The van der Waals surface area contributed by atoms with E-state index in [1.54, 1.807) is 6.92 Å². The molecule has 0 radical (unpaired) electrons. The standard InChI is InChI=1S/C9H15N5O3S/c1-2-17-7(15)5-3-12-9(16)13-6(5)4-18-8(10)14-11/h2-4,11H2,1H3,(H2,10,14)(H2,12,13,16). The average Bonchev–Trinajstić information content (AvgIpc) is 2.36. The Morgan fingerprint density at radius 1 is 1.61 bits per heavy atom. The number of hydrogen-bond donors (Lipinski definition) is 4. The second kappa shape index (κ2) is 6.74. The van der Waals surface area contributed by atoms with Gasteiger partial charge >= 0.3 is 12.0 Å². The zero-order chi connectivity index (χ0) is 13.5. The van der Waals surface area contributed by atoms with Crippen molar-refractivity contribution >= 4 is 28.9 Å². The fourth-order valence-corrected chi connectivity index (χ4v) is 1.87. The molecule has 100 valence electrons. The van der Waals surface area contributed by atoms with E-state index in [2.05, 4.69) is 15.7 Å². The minimum Gasteiger partial charge on any atom is -0.463 e. The molecule has 0 aliphatic carbocycles. The summed E-state index contributed by atoms with van der Waals surface area (Å²) in [5.74, 6) is 4.81. The number of hydrazone groups is 1. The first-order valence-corrected chi connectivity index (χ1v) is 6.17. The molecular weight excluding hydrogens is 258 g/mol. The lowest BCUT2D eigenvalue weighted by molar-refractivity contribution is -0.138. The van der Waals surface area contributed by atoms with E-state index in [1.807, 2.05) is 0 Å². The summed E-state index contributed by atoms with van der Waals surface area (Å²) in [6.07, 6.45) is 0. The van der Waals surface area contributed by atoms with Crippen LogP contribution in [0.3, 0.4) is 0 Å². The molecule has 0 aromatic carbocycles. The first-order chi connectivity index (χ1) is 8.58. The lowest BCUT2D eigenvalue weighted by atomic mass is 10.2. The number of amides is 2. The van der Waals surface area contributed by atoms with Crippen molar-refractivity contribution in [3.05, 3.63) is 11.3 Å². The number of hydrogen-bond acceptors (Lipinski definition) is 6. The highest BCUT2D eigenvalue weighted by molar-refractivity contribution is 8.13. The number of esters is 1. The molecular formula is C9H15N5O3S. The van der Waals surface area contributed by atoms with Crippen molar-refractivity contribution in [2.45, 2.75) is 6.92 Å². The lowest BCUT2D eigenvalue weighted by Crippen LogP contribution is -2.44. The topological polar surface area (TPSA) is 132 Å². The molecule has 0 saturated heterocycles. The van der Waals surface area contributed by atoms with Crippen LogP contribution in [0.1, 0.15) is 6.92 Å². The van der Waals surface area contributed by atoms with Crippen LogP contribution in [-0.4, -0.2) is 36.1 Å². The van der Waals surface area contributed by atoms with Gasteiger partial charge in [0.2, 0.25) is 0 Å². The van der Waals surface area contributed by atoms with E-state index in [0.29, 0.717) is 11.3 Å². The van der Waals surface area contributed by atoms with Crippen LogP contribution in [0.25, 0.3) is 0 Å². The SMILES string of the molecule is CCOC(=O)C1=C(CSC(N)=NN)NC(=O)NC1. The van der Waals surface area contributed by atoms with E-state index in [0.717, 1.165) is 11.8 Å². The van der Waals surface area contributed by atoms with Crippen molar-refractivity contribution in [1.29, 1.82) is 0 Å². The zero-order valence-electron chi connectivity index (χ0n) is 9.86. The summed E-state index contributed by atoms with van der Waals surface area (Å²) in [5.41, 5.74) is 6.25. The summed E-state index contributed by atoms with van der Waals surface area (Å²) >= 11 is 1.12. The van der Waals surface area contributed by atoms with E-state index >= 15 is 0 Å². The van der Waals surface area contributed by atoms with E-state index in [9.17, 15) is 9.59 Å². The van der Waals surface area contributed by atoms with Crippen LogP contribution in [0.5, 0.6) is 0 Å². The fraction of sp³-hybridized carbons (Fsp3) is 0.444. The Kier molecular flexibility index (Phi) is 5.31. The Morgan fingerprint density at radius 2 is 2.33 bits per heavy atom. The first kappa shape index (κ1) is 14.2. The highest BCUT2D eigenvalue weighted by atomic mass is 32.2. The smallest absolute Gasteiger partial charge is 0.337 e. The van der Waals surface area contributed by atoms with Crippen molar-refractivity contribution in [1.82, 2.24) is 10.6 Å². The molecule has 8 nitrogen and oxygen atoms in total. The quantitative estimate of drug-likeness (QED) is 0.171. The number of thioether (sulfide) groups is 1. The maximum atomic E-state index is 11.7.